The molecule has 0 aliphatic carbocycles. The molecule has 0 saturated carbocycles. The van der Waals surface area contributed by atoms with Crippen LogP contribution in [0.2, 0.25) is 0 Å². The summed E-state index contributed by atoms with van der Waals surface area (Å²) < 4.78 is 26.3. The van der Waals surface area contributed by atoms with E-state index in [0.717, 1.165) is 12.0 Å². The second kappa shape index (κ2) is 5.43. The lowest BCUT2D eigenvalue weighted by molar-refractivity contribution is 0.562. The highest BCUT2D eigenvalue weighted by Gasteiger charge is 2.16. The molecule has 1 aromatic rings. The van der Waals surface area contributed by atoms with E-state index in [2.05, 4.69) is 4.72 Å². The monoisotopic (exact) mass is 242 g/mol. The van der Waals surface area contributed by atoms with Crippen LogP contribution in [0.15, 0.2) is 29.2 Å². The molecule has 0 unspecified atom stereocenters. The van der Waals surface area contributed by atoms with Crippen molar-refractivity contribution in [2.24, 2.45) is 5.73 Å². The Labute approximate surface area is 96.9 Å². The number of rotatable bonds is 5. The summed E-state index contributed by atoms with van der Waals surface area (Å²) in [4.78, 5) is 0.298. The fourth-order valence-corrected chi connectivity index (χ4v) is 2.64. The third-order valence-corrected chi connectivity index (χ3v) is 3.91. The van der Waals surface area contributed by atoms with E-state index in [1.54, 1.807) is 25.1 Å². The first-order valence-electron chi connectivity index (χ1n) is 5.31. The summed E-state index contributed by atoms with van der Waals surface area (Å²) in [6, 6.07) is 6.68. The molecule has 1 atom stereocenters. The molecule has 0 spiro atoms. The molecular weight excluding hydrogens is 224 g/mol. The maximum atomic E-state index is 11.9. The van der Waals surface area contributed by atoms with Crippen molar-refractivity contribution in [3.8, 4) is 0 Å². The summed E-state index contributed by atoms with van der Waals surface area (Å²) in [5, 5.41) is 0. The van der Waals surface area contributed by atoms with Crippen LogP contribution in [0.3, 0.4) is 0 Å². The first kappa shape index (κ1) is 13.2. The predicted molar refractivity (Wildman–Crippen MR) is 64.7 cm³/mol. The molecule has 0 amide bonds. The summed E-state index contributed by atoms with van der Waals surface area (Å²) in [5.74, 6) is 0. The molecule has 5 heteroatoms. The zero-order valence-electron chi connectivity index (χ0n) is 9.60. The Bertz CT molecular complexity index is 443. The zero-order valence-corrected chi connectivity index (χ0v) is 10.4. The van der Waals surface area contributed by atoms with Crippen molar-refractivity contribution in [2.75, 3.05) is 6.54 Å². The van der Waals surface area contributed by atoms with Crippen molar-refractivity contribution in [3.63, 3.8) is 0 Å². The topological polar surface area (TPSA) is 72.2 Å². The minimum Gasteiger partial charge on any atom is -0.329 e. The predicted octanol–water partition coefficient (Wildman–Crippen LogP) is 0.875. The highest BCUT2D eigenvalue weighted by molar-refractivity contribution is 7.89. The molecule has 0 fully saturated rings. The fraction of sp³-hybridized carbons (Fsp3) is 0.455. The SMILES string of the molecule is CCc1cccc(S(=O)(=O)N[C@@H](C)CN)c1. The molecule has 0 heterocycles. The van der Waals surface area contributed by atoms with Gasteiger partial charge in [0.2, 0.25) is 10.0 Å². The van der Waals surface area contributed by atoms with Crippen LogP contribution in [-0.2, 0) is 16.4 Å². The minimum atomic E-state index is -3.43. The lowest BCUT2D eigenvalue weighted by atomic mass is 10.2. The quantitative estimate of drug-likeness (QED) is 0.805. The molecule has 3 N–H and O–H groups in total. The van der Waals surface area contributed by atoms with Gasteiger partial charge >= 0.3 is 0 Å². The Morgan fingerprint density at radius 3 is 2.69 bits per heavy atom. The smallest absolute Gasteiger partial charge is 0.240 e. The molecule has 0 aromatic heterocycles. The van der Waals surface area contributed by atoms with Crippen LogP contribution in [0, 0.1) is 0 Å². The Kier molecular flexibility index (Phi) is 4.46. The first-order valence-corrected chi connectivity index (χ1v) is 6.79. The van der Waals surface area contributed by atoms with E-state index >= 15 is 0 Å². The van der Waals surface area contributed by atoms with E-state index in [-0.39, 0.29) is 12.6 Å². The lowest BCUT2D eigenvalue weighted by Gasteiger charge is -2.12. The Morgan fingerprint density at radius 1 is 1.44 bits per heavy atom. The highest BCUT2D eigenvalue weighted by atomic mass is 32.2. The molecule has 0 saturated heterocycles. The van der Waals surface area contributed by atoms with Gasteiger partial charge in [0.25, 0.3) is 0 Å². The Balaban J connectivity index is 2.98. The average Bonchev–Trinajstić information content (AvgIpc) is 2.28. The van der Waals surface area contributed by atoms with E-state index in [9.17, 15) is 8.42 Å². The number of aryl methyl sites for hydroxylation is 1. The molecule has 0 bridgehead atoms. The summed E-state index contributed by atoms with van der Waals surface area (Å²) >= 11 is 0. The fourth-order valence-electron chi connectivity index (χ4n) is 1.31. The van der Waals surface area contributed by atoms with Crippen LogP contribution < -0.4 is 10.5 Å². The summed E-state index contributed by atoms with van der Waals surface area (Å²) in [7, 11) is -3.43. The van der Waals surface area contributed by atoms with Crippen molar-refractivity contribution < 1.29 is 8.42 Å². The summed E-state index contributed by atoms with van der Waals surface area (Å²) in [6.45, 7) is 4.01. The standard InChI is InChI=1S/C11H18N2O2S/c1-3-10-5-4-6-11(7-10)16(14,15)13-9(2)8-12/h4-7,9,13H,3,8,12H2,1-2H3/t9-/m0/s1. The van der Waals surface area contributed by atoms with Gasteiger partial charge in [-0.25, -0.2) is 13.1 Å². The van der Waals surface area contributed by atoms with Gasteiger partial charge in [0.15, 0.2) is 0 Å². The average molecular weight is 242 g/mol. The number of hydrogen-bond donors (Lipinski definition) is 2. The van der Waals surface area contributed by atoms with Crippen LogP contribution >= 0.6 is 0 Å². The second-order valence-corrected chi connectivity index (χ2v) is 5.47. The van der Waals surface area contributed by atoms with Gasteiger partial charge in [-0.3, -0.25) is 0 Å². The summed E-state index contributed by atoms with van der Waals surface area (Å²) in [6.07, 6.45) is 0.815. The molecule has 1 aromatic carbocycles. The van der Waals surface area contributed by atoms with Crippen molar-refractivity contribution in [1.82, 2.24) is 4.72 Å². The van der Waals surface area contributed by atoms with Gasteiger partial charge in [-0.05, 0) is 31.0 Å². The van der Waals surface area contributed by atoms with Crippen molar-refractivity contribution in [2.45, 2.75) is 31.2 Å². The maximum absolute atomic E-state index is 11.9. The number of nitrogens with two attached hydrogens (primary N) is 1. The van der Waals surface area contributed by atoms with Crippen LogP contribution in [0.1, 0.15) is 19.4 Å². The third-order valence-electron chi connectivity index (χ3n) is 2.33. The number of nitrogens with one attached hydrogen (secondary N) is 1. The molecular formula is C11H18N2O2S. The third kappa shape index (κ3) is 3.30. The van der Waals surface area contributed by atoms with E-state index in [1.807, 2.05) is 13.0 Å². The molecule has 0 radical (unpaired) electrons. The molecule has 90 valence electrons. The van der Waals surface area contributed by atoms with Crippen LogP contribution in [-0.4, -0.2) is 21.0 Å². The van der Waals surface area contributed by atoms with Gasteiger partial charge in [-0.1, -0.05) is 19.1 Å². The number of sulfonamides is 1. The van der Waals surface area contributed by atoms with Crippen LogP contribution in [0.25, 0.3) is 0 Å². The van der Waals surface area contributed by atoms with Gasteiger partial charge < -0.3 is 5.73 Å². The van der Waals surface area contributed by atoms with Crippen LogP contribution in [0.4, 0.5) is 0 Å². The number of hydrogen-bond acceptors (Lipinski definition) is 3. The normalized spacial score (nSPS) is 13.7. The van der Waals surface area contributed by atoms with Gasteiger partial charge in [0, 0.05) is 12.6 Å². The Hall–Kier alpha value is -0.910. The highest BCUT2D eigenvalue weighted by Crippen LogP contribution is 2.12. The molecule has 1 rings (SSSR count). The van der Waals surface area contributed by atoms with Gasteiger partial charge in [-0.2, -0.15) is 0 Å². The second-order valence-electron chi connectivity index (χ2n) is 3.76. The van der Waals surface area contributed by atoms with E-state index in [0.29, 0.717) is 4.90 Å². The van der Waals surface area contributed by atoms with E-state index in [4.69, 9.17) is 5.73 Å². The van der Waals surface area contributed by atoms with Gasteiger partial charge in [-0.15, -0.1) is 0 Å². The van der Waals surface area contributed by atoms with Crippen molar-refractivity contribution >= 4 is 10.0 Å². The maximum Gasteiger partial charge on any atom is 0.240 e. The Morgan fingerprint density at radius 2 is 2.12 bits per heavy atom. The molecule has 4 nitrogen and oxygen atoms in total. The largest absolute Gasteiger partial charge is 0.329 e. The van der Waals surface area contributed by atoms with Gasteiger partial charge in [0.1, 0.15) is 0 Å². The zero-order chi connectivity index (χ0) is 12.2. The molecule has 0 aliphatic rings. The van der Waals surface area contributed by atoms with Crippen molar-refractivity contribution in [3.05, 3.63) is 29.8 Å². The molecule has 0 aliphatic heterocycles. The molecule has 16 heavy (non-hydrogen) atoms. The lowest BCUT2D eigenvalue weighted by Crippen LogP contribution is -2.37. The van der Waals surface area contributed by atoms with E-state index < -0.39 is 10.0 Å². The van der Waals surface area contributed by atoms with Crippen LogP contribution in [0.5, 0.6) is 0 Å². The first-order chi connectivity index (χ1) is 7.49. The summed E-state index contributed by atoms with van der Waals surface area (Å²) in [5.41, 5.74) is 6.39. The number of benzene rings is 1. The van der Waals surface area contributed by atoms with Crippen molar-refractivity contribution in [1.29, 1.82) is 0 Å². The minimum absolute atomic E-state index is 0.254. The van der Waals surface area contributed by atoms with E-state index in [1.165, 1.54) is 0 Å². The van der Waals surface area contributed by atoms with Gasteiger partial charge in [0.05, 0.1) is 4.90 Å².